The monoisotopic (exact) mass is 212 g/mol. The molecular formula is C13H18F2. The summed E-state index contributed by atoms with van der Waals surface area (Å²) in [5, 5.41) is 0. The highest BCUT2D eigenvalue weighted by Crippen LogP contribution is 2.33. The predicted octanol–water partition coefficient (Wildman–Crippen LogP) is 4.19. The molecule has 1 rings (SSSR count). The molecule has 0 aliphatic heterocycles. The molecule has 0 fully saturated rings. The van der Waals surface area contributed by atoms with Crippen molar-refractivity contribution in [2.75, 3.05) is 0 Å². The normalized spacial score (nSPS) is 12.0. The minimum atomic E-state index is -0.414. The van der Waals surface area contributed by atoms with E-state index in [4.69, 9.17) is 0 Å². The van der Waals surface area contributed by atoms with Gasteiger partial charge in [-0.25, -0.2) is 8.78 Å². The molecule has 0 radical (unpaired) electrons. The largest absolute Gasteiger partial charge is 0.206 e. The van der Waals surface area contributed by atoms with Gasteiger partial charge in [-0.2, -0.15) is 0 Å². The van der Waals surface area contributed by atoms with Gasteiger partial charge in [-0.15, -0.1) is 0 Å². The molecule has 0 saturated heterocycles. The summed E-state index contributed by atoms with van der Waals surface area (Å²) in [7, 11) is 0. The molecule has 84 valence electrons. The van der Waals surface area contributed by atoms with Crippen molar-refractivity contribution >= 4 is 0 Å². The van der Waals surface area contributed by atoms with Crippen LogP contribution in [-0.4, -0.2) is 0 Å². The van der Waals surface area contributed by atoms with Crippen molar-refractivity contribution in [1.82, 2.24) is 0 Å². The summed E-state index contributed by atoms with van der Waals surface area (Å²) in [4.78, 5) is 0. The number of hydrogen-bond acceptors (Lipinski definition) is 0. The molecule has 15 heavy (non-hydrogen) atoms. The molecule has 0 N–H and O–H groups in total. The van der Waals surface area contributed by atoms with Crippen LogP contribution in [-0.2, 0) is 5.41 Å². The van der Waals surface area contributed by atoms with Gasteiger partial charge in [0, 0.05) is 5.56 Å². The molecule has 2 heteroatoms. The van der Waals surface area contributed by atoms with Crippen molar-refractivity contribution in [2.24, 2.45) is 0 Å². The second-order valence-corrected chi connectivity index (χ2v) is 5.13. The fourth-order valence-electron chi connectivity index (χ4n) is 2.28. The highest BCUT2D eigenvalue weighted by molar-refractivity contribution is 5.43. The zero-order chi connectivity index (χ0) is 12.0. The van der Waals surface area contributed by atoms with Gasteiger partial charge < -0.3 is 0 Å². The molecule has 0 aliphatic rings. The second-order valence-electron chi connectivity index (χ2n) is 5.13. The average molecular weight is 212 g/mol. The third kappa shape index (κ3) is 1.90. The van der Waals surface area contributed by atoms with E-state index in [1.807, 2.05) is 20.8 Å². The average Bonchev–Trinajstić information content (AvgIpc) is 2.09. The van der Waals surface area contributed by atoms with Crippen molar-refractivity contribution in [2.45, 2.75) is 47.0 Å². The summed E-state index contributed by atoms with van der Waals surface area (Å²) in [6, 6.07) is 0. The van der Waals surface area contributed by atoms with Crippen LogP contribution in [0, 0.1) is 32.4 Å². The number of hydrogen-bond donors (Lipinski definition) is 0. The van der Waals surface area contributed by atoms with E-state index in [1.54, 1.807) is 13.8 Å². The fourth-order valence-corrected chi connectivity index (χ4v) is 2.28. The second kappa shape index (κ2) is 3.58. The minimum absolute atomic E-state index is 0.123. The summed E-state index contributed by atoms with van der Waals surface area (Å²) in [5.74, 6) is -0.828. The van der Waals surface area contributed by atoms with Gasteiger partial charge in [-0.05, 0) is 42.9 Å². The van der Waals surface area contributed by atoms with Gasteiger partial charge in [-0.1, -0.05) is 20.8 Å². The van der Waals surface area contributed by atoms with E-state index in [9.17, 15) is 8.78 Å². The predicted molar refractivity (Wildman–Crippen MR) is 59.3 cm³/mol. The highest BCUT2D eigenvalue weighted by atomic mass is 19.1. The molecule has 0 spiro atoms. The molecule has 0 amide bonds. The Labute approximate surface area is 90.3 Å². The van der Waals surface area contributed by atoms with Crippen molar-refractivity contribution in [3.8, 4) is 0 Å². The topological polar surface area (TPSA) is 0 Å². The summed E-state index contributed by atoms with van der Waals surface area (Å²) in [6.45, 7) is 10.8. The molecule has 0 unspecified atom stereocenters. The number of rotatable bonds is 0. The molecule has 0 heterocycles. The van der Waals surface area contributed by atoms with Crippen LogP contribution < -0.4 is 0 Å². The lowest BCUT2D eigenvalue weighted by Crippen LogP contribution is -2.18. The van der Waals surface area contributed by atoms with Crippen molar-refractivity contribution in [3.05, 3.63) is 33.9 Å². The van der Waals surface area contributed by atoms with Crippen molar-refractivity contribution in [1.29, 1.82) is 0 Å². The van der Waals surface area contributed by atoms with Gasteiger partial charge in [0.2, 0.25) is 0 Å². The van der Waals surface area contributed by atoms with Gasteiger partial charge >= 0.3 is 0 Å². The van der Waals surface area contributed by atoms with E-state index >= 15 is 0 Å². The first-order valence-electron chi connectivity index (χ1n) is 5.13. The zero-order valence-corrected chi connectivity index (χ0v) is 10.3. The number of halogens is 2. The minimum Gasteiger partial charge on any atom is -0.206 e. The molecule has 0 nitrogen and oxygen atoms in total. The van der Waals surface area contributed by atoms with Gasteiger partial charge in [-0.3, -0.25) is 0 Å². The van der Waals surface area contributed by atoms with E-state index in [0.717, 1.165) is 5.56 Å². The van der Waals surface area contributed by atoms with Crippen molar-refractivity contribution < 1.29 is 8.78 Å². The van der Waals surface area contributed by atoms with E-state index in [2.05, 4.69) is 0 Å². The van der Waals surface area contributed by atoms with E-state index in [0.29, 0.717) is 11.1 Å². The maximum Gasteiger partial charge on any atom is 0.132 e. The summed E-state index contributed by atoms with van der Waals surface area (Å²) in [6.07, 6.45) is 0. The molecule has 0 bridgehead atoms. The standard InChI is InChI=1S/C13H18F2/c1-7-10(13(4,5)6)8(2)12(15)9(3)11(7)14/h1-6H3. The number of benzene rings is 1. The summed E-state index contributed by atoms with van der Waals surface area (Å²) in [5.41, 5.74) is 1.81. The van der Waals surface area contributed by atoms with Gasteiger partial charge in [0.15, 0.2) is 0 Å². The van der Waals surface area contributed by atoms with Crippen LogP contribution in [0.25, 0.3) is 0 Å². The molecule has 0 atom stereocenters. The Morgan fingerprint density at radius 1 is 0.733 bits per heavy atom. The van der Waals surface area contributed by atoms with E-state index < -0.39 is 11.6 Å². The van der Waals surface area contributed by atoms with Crippen LogP contribution in [0.2, 0.25) is 0 Å². The maximum absolute atomic E-state index is 13.7. The molecule has 0 aliphatic carbocycles. The van der Waals surface area contributed by atoms with Gasteiger partial charge in [0.05, 0.1) is 0 Å². The Balaban J connectivity index is 3.68. The van der Waals surface area contributed by atoms with E-state index in [-0.39, 0.29) is 11.0 Å². The third-order valence-electron chi connectivity index (χ3n) is 2.82. The maximum atomic E-state index is 13.7. The zero-order valence-electron chi connectivity index (χ0n) is 10.3. The lowest BCUT2D eigenvalue weighted by Gasteiger charge is -2.25. The first-order valence-corrected chi connectivity index (χ1v) is 5.13. The van der Waals surface area contributed by atoms with Crippen LogP contribution in [0.1, 0.15) is 43.0 Å². The lowest BCUT2D eigenvalue weighted by molar-refractivity contribution is 0.519. The van der Waals surface area contributed by atoms with Crippen molar-refractivity contribution in [3.63, 3.8) is 0 Å². The smallest absolute Gasteiger partial charge is 0.132 e. The summed E-state index contributed by atoms with van der Waals surface area (Å²) < 4.78 is 27.4. The van der Waals surface area contributed by atoms with Crippen LogP contribution in [0.5, 0.6) is 0 Å². The Morgan fingerprint density at radius 3 is 1.33 bits per heavy atom. The SMILES string of the molecule is Cc1c(F)c(C)c(C(C)(C)C)c(C)c1F. The molecule has 1 aromatic carbocycles. The molecular weight excluding hydrogens is 194 g/mol. The molecule has 1 aromatic rings. The fraction of sp³-hybridized carbons (Fsp3) is 0.538. The Morgan fingerprint density at radius 2 is 1.07 bits per heavy atom. The van der Waals surface area contributed by atoms with Crippen LogP contribution >= 0.6 is 0 Å². The summed E-state index contributed by atoms with van der Waals surface area (Å²) >= 11 is 0. The molecule has 0 aromatic heterocycles. The van der Waals surface area contributed by atoms with Crippen LogP contribution in [0.15, 0.2) is 0 Å². The Bertz CT molecular complexity index is 369. The van der Waals surface area contributed by atoms with Gasteiger partial charge in [0.25, 0.3) is 0 Å². The quantitative estimate of drug-likeness (QED) is 0.605. The first-order chi connectivity index (χ1) is 6.68. The van der Waals surface area contributed by atoms with Crippen LogP contribution in [0.4, 0.5) is 8.78 Å². The molecule has 0 saturated carbocycles. The van der Waals surface area contributed by atoms with E-state index in [1.165, 1.54) is 6.92 Å². The Hall–Kier alpha value is -0.920. The third-order valence-corrected chi connectivity index (χ3v) is 2.82. The van der Waals surface area contributed by atoms with Crippen LogP contribution in [0.3, 0.4) is 0 Å². The lowest BCUT2D eigenvalue weighted by atomic mass is 9.80. The highest BCUT2D eigenvalue weighted by Gasteiger charge is 2.25. The Kier molecular flexibility index (Phi) is 2.90. The first kappa shape index (κ1) is 12.2. The van der Waals surface area contributed by atoms with Gasteiger partial charge in [0.1, 0.15) is 11.6 Å².